The monoisotopic (exact) mass is 430 g/mol. The van der Waals surface area contributed by atoms with Gasteiger partial charge in [0.1, 0.15) is 5.82 Å². The normalized spacial score (nSPS) is 18.0. The van der Waals surface area contributed by atoms with E-state index in [2.05, 4.69) is 15.6 Å². The van der Waals surface area contributed by atoms with Gasteiger partial charge in [-0.2, -0.15) is 0 Å². The molecule has 27 heavy (non-hydrogen) atoms. The van der Waals surface area contributed by atoms with Gasteiger partial charge in [0.15, 0.2) is 0 Å². The first-order chi connectivity index (χ1) is 12.0. The van der Waals surface area contributed by atoms with Gasteiger partial charge in [0.2, 0.25) is 5.91 Å². The van der Waals surface area contributed by atoms with E-state index in [4.69, 9.17) is 17.3 Å². The van der Waals surface area contributed by atoms with Gasteiger partial charge in [-0.15, -0.1) is 24.8 Å². The summed E-state index contributed by atoms with van der Waals surface area (Å²) >= 11 is 5.79. The van der Waals surface area contributed by atoms with Gasteiger partial charge in [-0.25, -0.2) is 4.98 Å². The van der Waals surface area contributed by atoms with Crippen LogP contribution in [-0.4, -0.2) is 22.8 Å². The molecular formula is C18H21Cl3N4O2. The predicted octanol–water partition coefficient (Wildman–Crippen LogP) is 3.90. The van der Waals surface area contributed by atoms with Gasteiger partial charge < -0.3 is 16.4 Å². The van der Waals surface area contributed by atoms with Crippen LogP contribution in [0.4, 0.5) is 11.5 Å². The number of pyridine rings is 1. The number of nitrogens with zero attached hydrogens (tertiary/aromatic N) is 1. The Hall–Kier alpha value is -1.86. The van der Waals surface area contributed by atoms with E-state index < -0.39 is 0 Å². The van der Waals surface area contributed by atoms with Gasteiger partial charge in [-0.1, -0.05) is 23.7 Å². The van der Waals surface area contributed by atoms with E-state index in [1.165, 1.54) is 6.20 Å². The summed E-state index contributed by atoms with van der Waals surface area (Å²) in [4.78, 5) is 29.0. The van der Waals surface area contributed by atoms with Crippen LogP contribution < -0.4 is 16.4 Å². The zero-order chi connectivity index (χ0) is 17.8. The third kappa shape index (κ3) is 6.07. The molecule has 1 saturated carbocycles. The number of amides is 2. The van der Waals surface area contributed by atoms with Crippen LogP contribution >= 0.6 is 36.4 Å². The van der Waals surface area contributed by atoms with Gasteiger partial charge in [0, 0.05) is 18.2 Å². The maximum atomic E-state index is 12.5. The maximum Gasteiger partial charge on any atom is 0.258 e. The molecule has 1 heterocycles. The highest BCUT2D eigenvalue weighted by Crippen LogP contribution is 2.26. The second-order valence-corrected chi connectivity index (χ2v) is 6.56. The van der Waals surface area contributed by atoms with Crippen LogP contribution in [0.1, 0.15) is 29.6 Å². The first-order valence-electron chi connectivity index (χ1n) is 8.11. The Morgan fingerprint density at radius 3 is 2.44 bits per heavy atom. The average molecular weight is 432 g/mol. The van der Waals surface area contributed by atoms with E-state index in [0.29, 0.717) is 28.5 Å². The fraction of sp³-hybridized carbons (Fsp3) is 0.278. The van der Waals surface area contributed by atoms with Crippen molar-refractivity contribution in [3.8, 4) is 0 Å². The van der Waals surface area contributed by atoms with E-state index in [0.717, 1.165) is 12.8 Å². The number of halogens is 3. The summed E-state index contributed by atoms with van der Waals surface area (Å²) in [7, 11) is 0. The van der Waals surface area contributed by atoms with Gasteiger partial charge in [-0.3, -0.25) is 9.59 Å². The lowest BCUT2D eigenvalue weighted by atomic mass is 10.1. The van der Waals surface area contributed by atoms with Crippen LogP contribution in [0.2, 0.25) is 5.02 Å². The van der Waals surface area contributed by atoms with Gasteiger partial charge >= 0.3 is 0 Å². The number of para-hydroxylation sites is 1. The highest BCUT2D eigenvalue weighted by Gasteiger charge is 2.28. The minimum atomic E-state index is -0.353. The quantitative estimate of drug-likeness (QED) is 0.684. The molecule has 0 spiro atoms. The van der Waals surface area contributed by atoms with Crippen LogP contribution in [0.25, 0.3) is 0 Å². The third-order valence-corrected chi connectivity index (χ3v) is 4.47. The number of carbonyl (C=O) groups is 2. The molecule has 146 valence electrons. The summed E-state index contributed by atoms with van der Waals surface area (Å²) < 4.78 is 0. The molecule has 1 aliphatic rings. The highest BCUT2D eigenvalue weighted by atomic mass is 35.5. The zero-order valence-corrected chi connectivity index (χ0v) is 16.7. The average Bonchev–Trinajstić information content (AvgIpc) is 3.04. The van der Waals surface area contributed by atoms with Crippen molar-refractivity contribution < 1.29 is 9.59 Å². The van der Waals surface area contributed by atoms with Crippen LogP contribution in [0.3, 0.4) is 0 Å². The minimum Gasteiger partial charge on any atom is -0.328 e. The largest absolute Gasteiger partial charge is 0.328 e. The first kappa shape index (κ1) is 23.2. The molecule has 2 amide bonds. The lowest BCUT2D eigenvalue weighted by molar-refractivity contribution is -0.119. The summed E-state index contributed by atoms with van der Waals surface area (Å²) in [5.74, 6) is -0.173. The molecule has 1 aliphatic carbocycles. The molecule has 6 nitrogen and oxygen atoms in total. The summed E-state index contributed by atoms with van der Waals surface area (Å²) in [6.07, 6.45) is 3.75. The van der Waals surface area contributed by atoms with Gasteiger partial charge in [0.25, 0.3) is 5.91 Å². The lowest BCUT2D eigenvalue weighted by Gasteiger charge is -2.14. The Balaban J connectivity index is 0.00000182. The smallest absolute Gasteiger partial charge is 0.258 e. The number of hydrogen-bond donors (Lipinski definition) is 3. The van der Waals surface area contributed by atoms with Crippen molar-refractivity contribution in [3.05, 3.63) is 53.2 Å². The van der Waals surface area contributed by atoms with Crippen LogP contribution in [0.15, 0.2) is 42.6 Å². The molecular weight excluding hydrogens is 411 g/mol. The molecule has 1 fully saturated rings. The fourth-order valence-corrected chi connectivity index (χ4v) is 3.02. The van der Waals surface area contributed by atoms with Gasteiger partial charge in [-0.05, 0) is 43.5 Å². The van der Waals surface area contributed by atoms with Gasteiger partial charge in [0.05, 0.1) is 16.3 Å². The second kappa shape index (κ2) is 10.5. The zero-order valence-electron chi connectivity index (χ0n) is 14.4. The van der Waals surface area contributed by atoms with Crippen molar-refractivity contribution in [1.82, 2.24) is 4.98 Å². The van der Waals surface area contributed by atoms with Crippen molar-refractivity contribution in [1.29, 1.82) is 0 Å². The standard InChI is InChI=1S/C18H19ClN4O2.2ClH/c19-12-6-8-16(21-10-12)23-18(25)14-3-1-2-4-15(14)22-17(24)11-5-7-13(20)9-11;;/h1-4,6,8,10-11,13H,5,7,9,20H2,(H,22,24)(H,21,23,25);2*1H. The molecule has 2 unspecified atom stereocenters. The Kier molecular flexibility index (Phi) is 8.99. The fourth-order valence-electron chi connectivity index (χ4n) is 2.91. The van der Waals surface area contributed by atoms with Crippen molar-refractivity contribution >= 4 is 59.7 Å². The Labute approximate surface area is 175 Å². The summed E-state index contributed by atoms with van der Waals surface area (Å²) in [6.45, 7) is 0. The molecule has 0 saturated heterocycles. The number of benzene rings is 1. The molecule has 0 bridgehead atoms. The topological polar surface area (TPSA) is 97.1 Å². The summed E-state index contributed by atoms with van der Waals surface area (Å²) in [5, 5.41) is 6.03. The molecule has 2 atom stereocenters. The van der Waals surface area contributed by atoms with Crippen LogP contribution in [0, 0.1) is 5.92 Å². The summed E-state index contributed by atoms with van der Waals surface area (Å²) in [6, 6.07) is 10.2. The van der Waals surface area contributed by atoms with Crippen molar-refractivity contribution in [2.75, 3.05) is 10.6 Å². The molecule has 4 N–H and O–H groups in total. The number of hydrogen-bond acceptors (Lipinski definition) is 4. The number of rotatable bonds is 4. The Morgan fingerprint density at radius 2 is 1.81 bits per heavy atom. The van der Waals surface area contributed by atoms with E-state index in [1.54, 1.807) is 36.4 Å². The first-order valence-corrected chi connectivity index (χ1v) is 8.49. The molecule has 0 aliphatic heterocycles. The molecule has 1 aromatic carbocycles. The van der Waals surface area contributed by atoms with Crippen LogP contribution in [-0.2, 0) is 4.79 Å². The Morgan fingerprint density at radius 1 is 1.07 bits per heavy atom. The van der Waals surface area contributed by atoms with Crippen LogP contribution in [0.5, 0.6) is 0 Å². The SMILES string of the molecule is Cl.Cl.NC1CCC(C(=O)Nc2ccccc2C(=O)Nc2ccc(Cl)cn2)C1. The lowest BCUT2D eigenvalue weighted by Crippen LogP contribution is -2.25. The number of anilines is 2. The van der Waals surface area contributed by atoms with Crippen molar-refractivity contribution in [2.24, 2.45) is 11.7 Å². The highest BCUT2D eigenvalue weighted by molar-refractivity contribution is 6.30. The number of nitrogens with two attached hydrogens (primary N) is 1. The van der Waals surface area contributed by atoms with E-state index in [9.17, 15) is 9.59 Å². The molecule has 0 radical (unpaired) electrons. The number of carbonyl (C=O) groups excluding carboxylic acids is 2. The third-order valence-electron chi connectivity index (χ3n) is 4.24. The Bertz CT molecular complexity index is 786. The molecule has 3 rings (SSSR count). The number of aromatic nitrogens is 1. The van der Waals surface area contributed by atoms with E-state index in [-0.39, 0.29) is 48.6 Å². The molecule has 1 aromatic heterocycles. The summed E-state index contributed by atoms with van der Waals surface area (Å²) in [5.41, 5.74) is 6.71. The van der Waals surface area contributed by atoms with Crippen molar-refractivity contribution in [3.63, 3.8) is 0 Å². The predicted molar refractivity (Wildman–Crippen MR) is 112 cm³/mol. The number of nitrogens with one attached hydrogen (secondary N) is 2. The van der Waals surface area contributed by atoms with E-state index in [1.807, 2.05) is 0 Å². The molecule has 9 heteroatoms. The second-order valence-electron chi connectivity index (χ2n) is 6.12. The minimum absolute atomic E-state index is 0. The van der Waals surface area contributed by atoms with Crippen molar-refractivity contribution in [2.45, 2.75) is 25.3 Å². The molecule has 2 aromatic rings. The maximum absolute atomic E-state index is 12.5. The van der Waals surface area contributed by atoms with E-state index >= 15 is 0 Å².